The van der Waals surface area contributed by atoms with Crippen molar-refractivity contribution in [2.24, 2.45) is 5.41 Å². The summed E-state index contributed by atoms with van der Waals surface area (Å²) in [6.45, 7) is 8.26. The Balaban J connectivity index is 3.26. The molecule has 1 atom stereocenters. The van der Waals surface area contributed by atoms with Gasteiger partial charge in [-0.2, -0.15) is 0 Å². The number of ether oxygens (including phenoxy) is 1. The molecule has 0 radical (unpaired) electrons. The monoisotopic (exact) mass is 514 g/mol. The second-order valence-electron chi connectivity index (χ2n) is 9.63. The van der Waals surface area contributed by atoms with E-state index in [1.165, 1.54) is 26.1 Å². The Hall–Kier alpha value is -2.30. The van der Waals surface area contributed by atoms with Crippen molar-refractivity contribution in [3.63, 3.8) is 0 Å². The minimum atomic E-state index is -3.41. The predicted octanol–water partition coefficient (Wildman–Crippen LogP) is 2.90. The zero-order valence-electron chi connectivity index (χ0n) is 21.5. The molecule has 10 heteroatoms. The Kier molecular flexibility index (Phi) is 11.5. The predicted molar refractivity (Wildman–Crippen MR) is 135 cm³/mol. The van der Waals surface area contributed by atoms with Crippen LogP contribution < -0.4 is 10.9 Å². The van der Waals surface area contributed by atoms with Crippen LogP contribution in [0.2, 0.25) is 0 Å². The van der Waals surface area contributed by atoms with Crippen molar-refractivity contribution < 1.29 is 32.2 Å². The van der Waals surface area contributed by atoms with Crippen LogP contribution >= 0.6 is 0 Å². The summed E-state index contributed by atoms with van der Waals surface area (Å²) in [6.07, 6.45) is 2.58. The van der Waals surface area contributed by atoms with Gasteiger partial charge in [-0.3, -0.25) is 10.2 Å². The Bertz CT molecular complexity index is 1020. The number of sulfone groups is 1. The normalized spacial score (nSPS) is 14.3. The number of halogens is 1. The van der Waals surface area contributed by atoms with Crippen molar-refractivity contribution in [1.82, 2.24) is 10.9 Å². The van der Waals surface area contributed by atoms with Crippen molar-refractivity contribution in [2.45, 2.75) is 59.3 Å². The second kappa shape index (κ2) is 13.1. The molecule has 0 aliphatic heterocycles. The highest BCUT2D eigenvalue weighted by Gasteiger charge is 2.38. The van der Waals surface area contributed by atoms with Crippen LogP contribution in [0.1, 0.15) is 65.0 Å². The molecule has 0 aliphatic carbocycles. The first-order valence-electron chi connectivity index (χ1n) is 11.7. The van der Waals surface area contributed by atoms with E-state index in [1.54, 1.807) is 26.0 Å². The SMILES string of the molecule is CCOC(=O)/C(C)=C/c1cccc(C(C)(CCCC(C)(C)CS(=O)(=O)CCO)C(=O)NNC)c1F. The highest BCUT2D eigenvalue weighted by molar-refractivity contribution is 7.91. The lowest BCUT2D eigenvalue weighted by molar-refractivity contribution is -0.138. The maximum absolute atomic E-state index is 15.6. The lowest BCUT2D eigenvalue weighted by Crippen LogP contribution is -2.47. The third kappa shape index (κ3) is 9.01. The van der Waals surface area contributed by atoms with E-state index in [-0.39, 0.29) is 41.2 Å². The first kappa shape index (κ1) is 30.7. The number of rotatable bonds is 14. The van der Waals surface area contributed by atoms with E-state index >= 15 is 4.39 Å². The van der Waals surface area contributed by atoms with Gasteiger partial charge in [0.25, 0.3) is 0 Å². The largest absolute Gasteiger partial charge is 0.463 e. The zero-order valence-corrected chi connectivity index (χ0v) is 22.4. The maximum atomic E-state index is 15.6. The molecular weight excluding hydrogens is 475 g/mol. The van der Waals surface area contributed by atoms with Crippen LogP contribution in [0.15, 0.2) is 23.8 Å². The molecule has 0 heterocycles. The van der Waals surface area contributed by atoms with E-state index in [2.05, 4.69) is 10.9 Å². The van der Waals surface area contributed by atoms with Crippen LogP contribution in [0.5, 0.6) is 0 Å². The van der Waals surface area contributed by atoms with Gasteiger partial charge < -0.3 is 9.84 Å². The number of esters is 1. The number of aliphatic hydroxyl groups is 1. The van der Waals surface area contributed by atoms with Crippen LogP contribution in [-0.2, 0) is 29.6 Å². The van der Waals surface area contributed by atoms with Gasteiger partial charge in [-0.15, -0.1) is 0 Å². The standard InChI is InChI=1S/C25H39FN2O6S/c1-7-34-22(30)18(2)16-19-10-8-11-20(21(19)26)25(5,23(31)28-27-6)13-9-12-24(3,4)17-35(32,33)15-14-29/h8,10-11,16,27,29H,7,9,12-15,17H2,1-6H3,(H,28,31)/b18-16+. The first-order chi connectivity index (χ1) is 16.2. The van der Waals surface area contributed by atoms with Gasteiger partial charge in [0.05, 0.1) is 30.1 Å². The number of amides is 1. The van der Waals surface area contributed by atoms with Crippen LogP contribution in [0.25, 0.3) is 6.08 Å². The summed E-state index contributed by atoms with van der Waals surface area (Å²) in [6, 6.07) is 4.69. The minimum Gasteiger partial charge on any atom is -0.463 e. The molecular formula is C25H39FN2O6S. The Morgan fingerprint density at radius 2 is 1.86 bits per heavy atom. The van der Waals surface area contributed by atoms with E-state index in [1.807, 2.05) is 13.8 Å². The van der Waals surface area contributed by atoms with E-state index in [4.69, 9.17) is 9.84 Å². The molecule has 0 saturated heterocycles. The summed E-state index contributed by atoms with van der Waals surface area (Å²) in [7, 11) is -1.88. The molecule has 0 bridgehead atoms. The van der Waals surface area contributed by atoms with Gasteiger partial charge in [0.15, 0.2) is 9.84 Å². The molecule has 1 aromatic rings. The third-order valence-electron chi connectivity index (χ3n) is 5.88. The highest BCUT2D eigenvalue weighted by atomic mass is 32.2. The molecule has 1 amide bonds. The fraction of sp³-hybridized carbons (Fsp3) is 0.600. The molecule has 1 unspecified atom stereocenters. The highest BCUT2D eigenvalue weighted by Crippen LogP contribution is 2.36. The summed E-state index contributed by atoms with van der Waals surface area (Å²) in [5, 5.41) is 8.98. The van der Waals surface area contributed by atoms with Crippen molar-refractivity contribution in [2.75, 3.05) is 31.8 Å². The molecule has 3 N–H and O–H groups in total. The molecule has 1 aromatic carbocycles. The Labute approximate surface area is 208 Å². The number of hydrogen-bond donors (Lipinski definition) is 3. The van der Waals surface area contributed by atoms with Crippen molar-refractivity contribution >= 4 is 27.8 Å². The van der Waals surface area contributed by atoms with Crippen LogP contribution in [-0.4, -0.2) is 57.2 Å². The van der Waals surface area contributed by atoms with Crippen LogP contribution in [0.4, 0.5) is 4.39 Å². The molecule has 8 nitrogen and oxygen atoms in total. The Morgan fingerprint density at radius 1 is 1.20 bits per heavy atom. The molecule has 0 spiro atoms. The zero-order chi connectivity index (χ0) is 26.9. The van der Waals surface area contributed by atoms with Gasteiger partial charge in [-0.05, 0) is 45.1 Å². The van der Waals surface area contributed by atoms with Crippen molar-refractivity contribution in [3.05, 3.63) is 40.7 Å². The fourth-order valence-corrected chi connectivity index (χ4v) is 5.80. The lowest BCUT2D eigenvalue weighted by Gasteiger charge is -2.31. The summed E-state index contributed by atoms with van der Waals surface area (Å²) >= 11 is 0. The smallest absolute Gasteiger partial charge is 0.333 e. The lowest BCUT2D eigenvalue weighted by atomic mass is 9.75. The second-order valence-corrected chi connectivity index (χ2v) is 11.8. The topological polar surface area (TPSA) is 122 Å². The average Bonchev–Trinajstić information content (AvgIpc) is 2.74. The number of carbonyl (C=O) groups is 2. The third-order valence-corrected chi connectivity index (χ3v) is 7.90. The molecule has 1 rings (SSSR count). The number of aliphatic hydroxyl groups excluding tert-OH is 1. The van der Waals surface area contributed by atoms with E-state index in [9.17, 15) is 18.0 Å². The molecule has 0 aromatic heterocycles. The summed E-state index contributed by atoms with van der Waals surface area (Å²) in [4.78, 5) is 25.0. The molecule has 198 valence electrons. The Morgan fingerprint density at radius 3 is 2.43 bits per heavy atom. The number of benzene rings is 1. The summed E-state index contributed by atoms with van der Waals surface area (Å²) < 4.78 is 44.9. The van der Waals surface area contributed by atoms with E-state index in [0.29, 0.717) is 12.8 Å². The van der Waals surface area contributed by atoms with Gasteiger partial charge in [0.1, 0.15) is 5.82 Å². The number of hydrazine groups is 1. The molecule has 0 fully saturated rings. The van der Waals surface area contributed by atoms with E-state index < -0.39 is 45.0 Å². The van der Waals surface area contributed by atoms with Crippen LogP contribution in [0, 0.1) is 11.2 Å². The molecule has 0 aliphatic rings. The quantitative estimate of drug-likeness (QED) is 0.198. The number of carbonyl (C=O) groups excluding carboxylic acids is 2. The molecule has 35 heavy (non-hydrogen) atoms. The van der Waals surface area contributed by atoms with Crippen molar-refractivity contribution in [3.8, 4) is 0 Å². The van der Waals surface area contributed by atoms with Gasteiger partial charge in [-0.1, -0.05) is 38.5 Å². The van der Waals surface area contributed by atoms with Gasteiger partial charge in [-0.25, -0.2) is 23.0 Å². The summed E-state index contributed by atoms with van der Waals surface area (Å²) in [5.74, 6) is -1.99. The van der Waals surface area contributed by atoms with Crippen molar-refractivity contribution in [1.29, 1.82) is 0 Å². The fourth-order valence-electron chi connectivity index (χ4n) is 4.05. The number of nitrogens with one attached hydrogen (secondary N) is 2. The molecule has 0 saturated carbocycles. The van der Waals surface area contributed by atoms with Crippen LogP contribution in [0.3, 0.4) is 0 Å². The first-order valence-corrected chi connectivity index (χ1v) is 13.5. The minimum absolute atomic E-state index is 0.0955. The number of hydrogen-bond acceptors (Lipinski definition) is 7. The maximum Gasteiger partial charge on any atom is 0.333 e. The van der Waals surface area contributed by atoms with Gasteiger partial charge in [0.2, 0.25) is 5.91 Å². The van der Waals surface area contributed by atoms with E-state index in [0.717, 1.165) is 0 Å². The van der Waals surface area contributed by atoms with Gasteiger partial charge in [0, 0.05) is 23.7 Å². The van der Waals surface area contributed by atoms with Gasteiger partial charge >= 0.3 is 5.97 Å². The average molecular weight is 515 g/mol. The summed E-state index contributed by atoms with van der Waals surface area (Å²) in [5.41, 5.74) is 3.83.